The van der Waals surface area contributed by atoms with Gasteiger partial charge in [-0.15, -0.1) is 0 Å². The first-order valence-corrected chi connectivity index (χ1v) is 5.55. The van der Waals surface area contributed by atoms with E-state index in [1.54, 1.807) is 0 Å². The van der Waals surface area contributed by atoms with Crippen LogP contribution in [0.3, 0.4) is 0 Å². The third-order valence-corrected chi connectivity index (χ3v) is 2.43. The number of nitrogens with one attached hydrogen (secondary N) is 1. The summed E-state index contributed by atoms with van der Waals surface area (Å²) in [5.41, 5.74) is 11.5. The van der Waals surface area contributed by atoms with E-state index in [9.17, 15) is 9.59 Å². The minimum Gasteiger partial charge on any atom is -0.381 e. The zero-order chi connectivity index (χ0) is 13.5. The number of carbonyl (C=O) groups is 2. The zero-order valence-electron chi connectivity index (χ0n) is 9.87. The Bertz CT molecular complexity index is 408. The van der Waals surface area contributed by atoms with Crippen molar-refractivity contribution in [1.82, 2.24) is 5.32 Å². The van der Waals surface area contributed by atoms with Crippen LogP contribution in [0.4, 0.5) is 0 Å². The van der Waals surface area contributed by atoms with Gasteiger partial charge >= 0.3 is 0 Å². The van der Waals surface area contributed by atoms with Crippen LogP contribution in [0.2, 0.25) is 0 Å². The fourth-order valence-corrected chi connectivity index (χ4v) is 1.39. The van der Waals surface area contributed by atoms with Crippen molar-refractivity contribution in [2.45, 2.75) is 18.6 Å². The lowest BCUT2D eigenvalue weighted by molar-refractivity contribution is -0.127. The van der Waals surface area contributed by atoms with E-state index in [0.29, 0.717) is 6.42 Å². The van der Waals surface area contributed by atoms with Crippen LogP contribution in [0.15, 0.2) is 30.3 Å². The molecule has 2 amide bonds. The molecule has 6 heteroatoms. The molecule has 1 rings (SSSR count). The Morgan fingerprint density at radius 1 is 1.28 bits per heavy atom. The molecule has 0 heterocycles. The molecule has 1 aromatic rings. The Morgan fingerprint density at radius 2 is 1.89 bits per heavy atom. The topological polar surface area (TPSA) is 118 Å². The molecule has 0 fully saturated rings. The average Bonchev–Trinajstić information content (AvgIpc) is 2.36. The van der Waals surface area contributed by atoms with Crippen LogP contribution in [0.1, 0.15) is 5.56 Å². The van der Waals surface area contributed by atoms with E-state index in [0.717, 1.165) is 5.56 Å². The smallest absolute Gasteiger partial charge is 0.248 e. The summed E-state index contributed by atoms with van der Waals surface area (Å²) in [7, 11) is 0. The summed E-state index contributed by atoms with van der Waals surface area (Å²) in [5, 5.41) is 11.5. The van der Waals surface area contributed by atoms with Crippen LogP contribution < -0.4 is 16.8 Å². The minimum atomic E-state index is -1.39. The lowest BCUT2D eigenvalue weighted by atomic mass is 10.1. The molecule has 0 bridgehead atoms. The predicted molar refractivity (Wildman–Crippen MR) is 66.3 cm³/mol. The van der Waals surface area contributed by atoms with Crippen LogP contribution in [0.25, 0.3) is 0 Å². The van der Waals surface area contributed by atoms with Gasteiger partial charge in [-0.1, -0.05) is 30.3 Å². The fraction of sp³-hybridized carbons (Fsp3) is 0.333. The number of nitrogens with two attached hydrogens (primary N) is 2. The fourth-order valence-electron chi connectivity index (χ4n) is 1.39. The molecule has 6 N–H and O–H groups in total. The zero-order valence-corrected chi connectivity index (χ0v) is 9.87. The number of rotatable bonds is 6. The number of benzene rings is 1. The highest BCUT2D eigenvalue weighted by Gasteiger charge is 2.17. The van der Waals surface area contributed by atoms with Gasteiger partial charge < -0.3 is 21.9 Å². The van der Waals surface area contributed by atoms with Crippen molar-refractivity contribution in [3.8, 4) is 0 Å². The first kappa shape index (κ1) is 14.1. The van der Waals surface area contributed by atoms with Crippen molar-refractivity contribution >= 4 is 11.8 Å². The first-order valence-electron chi connectivity index (χ1n) is 5.55. The van der Waals surface area contributed by atoms with Crippen LogP contribution in [-0.2, 0) is 16.0 Å². The molecular formula is C12H17N3O3. The van der Waals surface area contributed by atoms with E-state index >= 15 is 0 Å². The van der Waals surface area contributed by atoms with Gasteiger partial charge in [-0.25, -0.2) is 0 Å². The number of aliphatic hydroxyl groups excluding tert-OH is 1. The second-order valence-electron chi connectivity index (χ2n) is 3.96. The molecule has 0 aliphatic carbocycles. The van der Waals surface area contributed by atoms with E-state index in [2.05, 4.69) is 5.32 Å². The second-order valence-corrected chi connectivity index (χ2v) is 3.96. The molecule has 1 aromatic carbocycles. The monoisotopic (exact) mass is 251 g/mol. The largest absolute Gasteiger partial charge is 0.381 e. The van der Waals surface area contributed by atoms with E-state index in [4.69, 9.17) is 16.6 Å². The number of primary amides is 1. The van der Waals surface area contributed by atoms with Crippen LogP contribution >= 0.6 is 0 Å². The number of aliphatic hydroxyl groups is 1. The quantitative estimate of drug-likeness (QED) is 0.493. The molecule has 98 valence electrons. The van der Waals surface area contributed by atoms with Crippen molar-refractivity contribution in [3.63, 3.8) is 0 Å². The lowest BCUT2D eigenvalue weighted by Gasteiger charge is -2.13. The summed E-state index contributed by atoms with van der Waals surface area (Å²) in [6.45, 7) is -0.226. The second kappa shape index (κ2) is 6.73. The van der Waals surface area contributed by atoms with Crippen molar-refractivity contribution in [3.05, 3.63) is 35.9 Å². The van der Waals surface area contributed by atoms with Gasteiger partial charge in [0, 0.05) is 0 Å². The van der Waals surface area contributed by atoms with E-state index in [1.807, 2.05) is 30.3 Å². The Morgan fingerprint density at radius 3 is 2.44 bits per heavy atom. The van der Waals surface area contributed by atoms with E-state index < -0.39 is 24.0 Å². The van der Waals surface area contributed by atoms with E-state index in [1.165, 1.54) is 0 Å². The van der Waals surface area contributed by atoms with Gasteiger partial charge in [-0.2, -0.15) is 0 Å². The summed E-state index contributed by atoms with van der Waals surface area (Å²) in [6, 6.07) is 8.59. The Balaban J connectivity index is 2.40. The van der Waals surface area contributed by atoms with Crippen molar-refractivity contribution in [2.75, 3.05) is 6.54 Å². The Kier molecular flexibility index (Phi) is 5.29. The maximum absolute atomic E-state index is 11.6. The molecule has 1 unspecified atom stereocenters. The maximum Gasteiger partial charge on any atom is 0.248 e. The summed E-state index contributed by atoms with van der Waals surface area (Å²) in [6.07, 6.45) is -1.00. The van der Waals surface area contributed by atoms with Crippen LogP contribution in [0, 0.1) is 0 Å². The molecule has 2 atom stereocenters. The molecule has 0 spiro atoms. The van der Waals surface area contributed by atoms with Gasteiger partial charge in [0.2, 0.25) is 11.8 Å². The van der Waals surface area contributed by atoms with Gasteiger partial charge in [0.1, 0.15) is 6.10 Å². The SMILES string of the molecule is NC(=O)C(O)CNC(=O)[C@@H](N)Cc1ccccc1. The first-order chi connectivity index (χ1) is 8.50. The number of carbonyl (C=O) groups excluding carboxylic acids is 2. The Labute approximate surface area is 105 Å². The van der Waals surface area contributed by atoms with Gasteiger partial charge in [-0.05, 0) is 12.0 Å². The minimum absolute atomic E-state index is 0.226. The molecule has 0 radical (unpaired) electrons. The highest BCUT2D eigenvalue weighted by Crippen LogP contribution is 2.01. The number of amides is 2. The van der Waals surface area contributed by atoms with Gasteiger partial charge in [0.05, 0.1) is 12.6 Å². The third kappa shape index (κ3) is 4.52. The number of hydrogen-bond donors (Lipinski definition) is 4. The maximum atomic E-state index is 11.6. The highest BCUT2D eigenvalue weighted by atomic mass is 16.3. The normalized spacial score (nSPS) is 13.7. The lowest BCUT2D eigenvalue weighted by Crippen LogP contribution is -2.47. The molecule has 0 aromatic heterocycles. The third-order valence-electron chi connectivity index (χ3n) is 2.43. The number of hydrogen-bond acceptors (Lipinski definition) is 4. The van der Waals surface area contributed by atoms with Crippen molar-refractivity contribution in [1.29, 1.82) is 0 Å². The Hall–Kier alpha value is -1.92. The van der Waals surface area contributed by atoms with Crippen molar-refractivity contribution in [2.24, 2.45) is 11.5 Å². The summed E-state index contributed by atoms with van der Waals surface area (Å²) >= 11 is 0. The molecular weight excluding hydrogens is 234 g/mol. The molecule has 0 saturated heterocycles. The highest BCUT2D eigenvalue weighted by molar-refractivity contribution is 5.83. The summed E-state index contributed by atoms with van der Waals surface area (Å²) in [4.78, 5) is 22.1. The molecule has 0 saturated carbocycles. The van der Waals surface area contributed by atoms with Gasteiger partial charge in [0.15, 0.2) is 0 Å². The van der Waals surface area contributed by atoms with Crippen molar-refractivity contribution < 1.29 is 14.7 Å². The standard InChI is InChI=1S/C12H17N3O3/c13-9(6-8-4-2-1-3-5-8)12(18)15-7-10(16)11(14)17/h1-5,9-10,16H,6-7,13H2,(H2,14,17)(H,15,18)/t9-,10?/m0/s1. The van der Waals surface area contributed by atoms with E-state index in [-0.39, 0.29) is 6.54 Å². The molecule has 6 nitrogen and oxygen atoms in total. The molecule has 0 aliphatic heterocycles. The van der Waals surface area contributed by atoms with Gasteiger partial charge in [0.25, 0.3) is 0 Å². The molecule has 0 aliphatic rings. The predicted octanol–water partition coefficient (Wildman–Crippen LogP) is -1.48. The van der Waals surface area contributed by atoms with Crippen LogP contribution in [0.5, 0.6) is 0 Å². The summed E-state index contributed by atoms with van der Waals surface area (Å²) in [5.74, 6) is -1.31. The van der Waals surface area contributed by atoms with Gasteiger partial charge in [-0.3, -0.25) is 9.59 Å². The molecule has 18 heavy (non-hydrogen) atoms. The average molecular weight is 251 g/mol. The summed E-state index contributed by atoms with van der Waals surface area (Å²) < 4.78 is 0. The van der Waals surface area contributed by atoms with Crippen LogP contribution in [-0.4, -0.2) is 35.6 Å².